The topological polar surface area (TPSA) is 69.7 Å². The number of halogens is 2. The van der Waals surface area contributed by atoms with Gasteiger partial charge in [0.05, 0.1) is 16.6 Å². The summed E-state index contributed by atoms with van der Waals surface area (Å²) in [5.41, 5.74) is 0.428. The van der Waals surface area contributed by atoms with Gasteiger partial charge in [-0.15, -0.1) is 0 Å². The Morgan fingerprint density at radius 1 is 1.35 bits per heavy atom. The van der Waals surface area contributed by atoms with Crippen LogP contribution in [0.3, 0.4) is 0 Å². The Balaban J connectivity index is 2.09. The molecular weight excluding hydrogens is 361 g/mol. The molecule has 0 saturated carbocycles. The molecule has 1 atom stereocenters. The van der Waals surface area contributed by atoms with Gasteiger partial charge in [0.2, 0.25) is 5.91 Å². The average molecular weight is 380 g/mol. The highest BCUT2D eigenvalue weighted by Gasteiger charge is 2.33. The summed E-state index contributed by atoms with van der Waals surface area (Å²) in [4.78, 5) is 12.4. The Morgan fingerprint density at radius 2 is 2.04 bits per heavy atom. The summed E-state index contributed by atoms with van der Waals surface area (Å²) in [6.07, 6.45) is 1.26. The van der Waals surface area contributed by atoms with Gasteiger partial charge >= 0.3 is 0 Å². The molecule has 1 fully saturated rings. The standard InChI is InChI=1S/C14H19Cl2N3O3S/c1-18(2)23(21,22)19-7-3-4-10(9-19)14(20)17-13-8-11(15)5-6-12(13)16/h5-6,8,10H,3-4,7,9H2,1-2H3,(H,17,20). The van der Waals surface area contributed by atoms with E-state index in [0.29, 0.717) is 35.1 Å². The van der Waals surface area contributed by atoms with Crippen molar-refractivity contribution in [3.05, 3.63) is 28.2 Å². The fourth-order valence-corrected chi connectivity index (χ4v) is 3.95. The zero-order valence-corrected chi connectivity index (χ0v) is 15.2. The highest BCUT2D eigenvalue weighted by molar-refractivity contribution is 7.86. The first-order valence-corrected chi connectivity index (χ1v) is 9.30. The minimum absolute atomic E-state index is 0.157. The molecule has 0 aliphatic carbocycles. The molecule has 1 heterocycles. The summed E-state index contributed by atoms with van der Waals surface area (Å²) in [6.45, 7) is 0.576. The monoisotopic (exact) mass is 379 g/mol. The van der Waals surface area contributed by atoms with E-state index in [1.807, 2.05) is 0 Å². The molecule has 1 amide bonds. The maximum atomic E-state index is 12.4. The van der Waals surface area contributed by atoms with E-state index >= 15 is 0 Å². The normalized spacial score (nSPS) is 19.8. The van der Waals surface area contributed by atoms with Crippen molar-refractivity contribution in [2.24, 2.45) is 5.92 Å². The van der Waals surface area contributed by atoms with Gasteiger partial charge in [-0.05, 0) is 31.0 Å². The number of nitrogens with one attached hydrogen (secondary N) is 1. The summed E-state index contributed by atoms with van der Waals surface area (Å²) in [5.74, 6) is -0.679. The second-order valence-corrected chi connectivity index (χ2v) is 8.59. The molecule has 1 unspecified atom stereocenters. The molecule has 128 valence electrons. The lowest BCUT2D eigenvalue weighted by Crippen LogP contribution is -2.47. The van der Waals surface area contributed by atoms with Crippen molar-refractivity contribution in [1.29, 1.82) is 0 Å². The maximum Gasteiger partial charge on any atom is 0.281 e. The Hall–Kier alpha value is -0.860. The predicted molar refractivity (Wildman–Crippen MR) is 92.0 cm³/mol. The van der Waals surface area contributed by atoms with Crippen LogP contribution < -0.4 is 5.32 Å². The molecule has 1 saturated heterocycles. The van der Waals surface area contributed by atoms with Crippen LogP contribution in [0.4, 0.5) is 5.69 Å². The molecule has 0 radical (unpaired) electrons. The van der Waals surface area contributed by atoms with E-state index in [-0.39, 0.29) is 12.5 Å². The van der Waals surface area contributed by atoms with Crippen molar-refractivity contribution in [3.63, 3.8) is 0 Å². The second-order valence-electron chi connectivity index (χ2n) is 5.60. The molecule has 1 aromatic carbocycles. The summed E-state index contributed by atoms with van der Waals surface area (Å²) in [7, 11) is -0.561. The first-order valence-electron chi connectivity index (χ1n) is 7.15. The fourth-order valence-electron chi connectivity index (χ4n) is 2.43. The number of piperidine rings is 1. The van der Waals surface area contributed by atoms with Gasteiger partial charge in [0.1, 0.15) is 0 Å². The number of carbonyl (C=O) groups excluding carboxylic acids is 1. The van der Waals surface area contributed by atoms with Crippen LogP contribution >= 0.6 is 23.2 Å². The van der Waals surface area contributed by atoms with Crippen LogP contribution in [0.1, 0.15) is 12.8 Å². The van der Waals surface area contributed by atoms with Crippen LogP contribution in [0.25, 0.3) is 0 Å². The molecule has 1 aliphatic heterocycles. The van der Waals surface area contributed by atoms with E-state index in [9.17, 15) is 13.2 Å². The third-order valence-electron chi connectivity index (χ3n) is 3.73. The van der Waals surface area contributed by atoms with Gasteiger partial charge < -0.3 is 5.32 Å². The number of nitrogens with zero attached hydrogens (tertiary/aromatic N) is 2. The highest BCUT2D eigenvalue weighted by atomic mass is 35.5. The zero-order chi connectivity index (χ0) is 17.2. The quantitative estimate of drug-likeness (QED) is 0.873. The molecule has 0 bridgehead atoms. The average Bonchev–Trinajstić information content (AvgIpc) is 2.50. The van der Waals surface area contributed by atoms with Crippen molar-refractivity contribution < 1.29 is 13.2 Å². The molecule has 1 aliphatic rings. The first kappa shape index (κ1) is 18.5. The lowest BCUT2D eigenvalue weighted by Gasteiger charge is -2.32. The molecular formula is C14H19Cl2N3O3S. The van der Waals surface area contributed by atoms with Crippen LogP contribution in [0.5, 0.6) is 0 Å². The molecule has 0 spiro atoms. The second kappa shape index (κ2) is 7.36. The molecule has 2 rings (SSSR count). The number of rotatable bonds is 4. The number of amides is 1. The predicted octanol–water partition coefficient (Wildman–Crippen LogP) is 2.45. The van der Waals surface area contributed by atoms with Gasteiger partial charge in [-0.2, -0.15) is 17.0 Å². The van der Waals surface area contributed by atoms with E-state index in [4.69, 9.17) is 23.2 Å². The smallest absolute Gasteiger partial charge is 0.281 e. The van der Waals surface area contributed by atoms with Gasteiger partial charge in [0.25, 0.3) is 10.2 Å². The van der Waals surface area contributed by atoms with E-state index in [0.717, 1.165) is 4.31 Å². The van der Waals surface area contributed by atoms with Crippen molar-refractivity contribution in [3.8, 4) is 0 Å². The molecule has 0 aromatic heterocycles. The van der Waals surface area contributed by atoms with Gasteiger partial charge in [-0.25, -0.2) is 0 Å². The third-order valence-corrected chi connectivity index (χ3v) is 6.20. The third kappa shape index (κ3) is 4.36. The lowest BCUT2D eigenvalue weighted by atomic mass is 9.99. The largest absolute Gasteiger partial charge is 0.324 e. The van der Waals surface area contributed by atoms with Gasteiger partial charge in [-0.1, -0.05) is 23.2 Å². The van der Waals surface area contributed by atoms with Crippen molar-refractivity contribution >= 4 is 45.0 Å². The van der Waals surface area contributed by atoms with Crippen molar-refractivity contribution in [2.75, 3.05) is 32.5 Å². The minimum Gasteiger partial charge on any atom is -0.324 e. The van der Waals surface area contributed by atoms with Crippen LogP contribution in [0.2, 0.25) is 10.0 Å². The number of carbonyl (C=O) groups is 1. The molecule has 1 N–H and O–H groups in total. The molecule has 9 heteroatoms. The summed E-state index contributed by atoms with van der Waals surface area (Å²) >= 11 is 11.9. The number of hydrogen-bond donors (Lipinski definition) is 1. The van der Waals surface area contributed by atoms with Gasteiger partial charge in [-0.3, -0.25) is 4.79 Å². The molecule has 6 nitrogen and oxygen atoms in total. The Morgan fingerprint density at radius 3 is 2.70 bits per heavy atom. The van der Waals surface area contributed by atoms with Crippen LogP contribution in [-0.2, 0) is 15.0 Å². The Kier molecular flexibility index (Phi) is 5.91. The Bertz CT molecular complexity index is 695. The summed E-state index contributed by atoms with van der Waals surface area (Å²) in [6, 6.07) is 4.80. The maximum absolute atomic E-state index is 12.4. The minimum atomic E-state index is -3.51. The van der Waals surface area contributed by atoms with E-state index < -0.39 is 16.1 Å². The van der Waals surface area contributed by atoms with Crippen LogP contribution in [0.15, 0.2) is 18.2 Å². The van der Waals surface area contributed by atoms with Crippen molar-refractivity contribution in [2.45, 2.75) is 12.8 Å². The van der Waals surface area contributed by atoms with Gasteiger partial charge in [0.15, 0.2) is 0 Å². The first-order chi connectivity index (χ1) is 10.7. The highest BCUT2D eigenvalue weighted by Crippen LogP contribution is 2.27. The number of benzene rings is 1. The molecule has 23 heavy (non-hydrogen) atoms. The Labute approximate surface area is 146 Å². The van der Waals surface area contributed by atoms with E-state index in [1.165, 1.54) is 18.4 Å². The van der Waals surface area contributed by atoms with E-state index in [2.05, 4.69) is 5.32 Å². The van der Waals surface area contributed by atoms with Gasteiger partial charge in [0, 0.05) is 32.2 Å². The molecule has 1 aromatic rings. The SMILES string of the molecule is CN(C)S(=O)(=O)N1CCCC(C(=O)Nc2cc(Cl)ccc2Cl)C1. The van der Waals surface area contributed by atoms with E-state index in [1.54, 1.807) is 18.2 Å². The summed E-state index contributed by atoms with van der Waals surface area (Å²) < 4.78 is 26.9. The number of hydrogen-bond acceptors (Lipinski definition) is 3. The summed E-state index contributed by atoms with van der Waals surface area (Å²) in [5, 5.41) is 3.58. The fraction of sp³-hybridized carbons (Fsp3) is 0.500. The van der Waals surface area contributed by atoms with Crippen LogP contribution in [0, 0.1) is 5.92 Å². The lowest BCUT2D eigenvalue weighted by molar-refractivity contribution is -0.120. The van der Waals surface area contributed by atoms with Crippen LogP contribution in [-0.4, -0.2) is 50.1 Å². The van der Waals surface area contributed by atoms with Crippen molar-refractivity contribution in [1.82, 2.24) is 8.61 Å². The zero-order valence-electron chi connectivity index (χ0n) is 12.9. The number of anilines is 1.